The molecule has 0 N–H and O–H groups in total. The summed E-state index contributed by atoms with van der Waals surface area (Å²) in [5.41, 5.74) is 0. The first kappa shape index (κ1) is 12.7. The van der Waals surface area contributed by atoms with Gasteiger partial charge in [-0.2, -0.15) is 0 Å². The molecule has 0 saturated carbocycles. The Bertz CT molecular complexity index is 147. The van der Waals surface area contributed by atoms with Crippen molar-refractivity contribution in [2.45, 2.75) is 53.9 Å². The molecule has 0 unspecified atom stereocenters. The van der Waals surface area contributed by atoms with Gasteiger partial charge in [-0.05, 0) is 18.3 Å². The molecule has 0 aliphatic rings. The summed E-state index contributed by atoms with van der Waals surface area (Å²) in [6.07, 6.45) is 3.03. The molecule has 0 bridgehead atoms. The van der Waals surface area contributed by atoms with Crippen molar-refractivity contribution in [3.05, 3.63) is 0 Å². The van der Waals surface area contributed by atoms with Crippen LogP contribution in [0.15, 0.2) is 0 Å². The number of carbonyl (C=O) groups is 1. The van der Waals surface area contributed by atoms with Crippen molar-refractivity contribution in [2.24, 2.45) is 17.8 Å². The van der Waals surface area contributed by atoms with Gasteiger partial charge in [0.1, 0.15) is 5.78 Å². The second-order valence-corrected chi connectivity index (χ2v) is 4.73. The van der Waals surface area contributed by atoms with Gasteiger partial charge in [0.25, 0.3) is 0 Å². The van der Waals surface area contributed by atoms with E-state index in [1.807, 2.05) is 13.8 Å². The first-order chi connectivity index (χ1) is 5.95. The van der Waals surface area contributed by atoms with Crippen molar-refractivity contribution in [3.8, 4) is 0 Å². The predicted octanol–water partition coefficient (Wildman–Crippen LogP) is 3.67. The topological polar surface area (TPSA) is 17.1 Å². The highest BCUT2D eigenvalue weighted by atomic mass is 16.1. The smallest absolute Gasteiger partial charge is 0.135 e. The lowest BCUT2D eigenvalue weighted by molar-refractivity contribution is -0.122. The van der Waals surface area contributed by atoms with Crippen LogP contribution in [0.5, 0.6) is 0 Å². The zero-order valence-electron chi connectivity index (χ0n) is 9.76. The maximum absolute atomic E-state index is 11.3. The fourth-order valence-corrected chi connectivity index (χ4v) is 1.22. The number of hydrogen-bond donors (Lipinski definition) is 0. The van der Waals surface area contributed by atoms with Crippen LogP contribution in [0.25, 0.3) is 0 Å². The van der Waals surface area contributed by atoms with E-state index in [1.165, 1.54) is 6.42 Å². The Morgan fingerprint density at radius 2 is 1.62 bits per heavy atom. The first-order valence-electron chi connectivity index (χ1n) is 5.47. The van der Waals surface area contributed by atoms with Crippen molar-refractivity contribution in [1.29, 1.82) is 0 Å². The molecule has 0 rings (SSSR count). The van der Waals surface area contributed by atoms with Gasteiger partial charge in [-0.1, -0.05) is 41.0 Å². The Kier molecular flexibility index (Phi) is 6.02. The van der Waals surface area contributed by atoms with E-state index in [0.29, 0.717) is 5.78 Å². The van der Waals surface area contributed by atoms with Crippen molar-refractivity contribution in [3.63, 3.8) is 0 Å². The summed E-state index contributed by atoms with van der Waals surface area (Å²) in [4.78, 5) is 11.3. The lowest BCUT2D eigenvalue weighted by Gasteiger charge is -2.14. The van der Waals surface area contributed by atoms with Crippen molar-refractivity contribution in [1.82, 2.24) is 0 Å². The molecule has 0 aromatic carbocycles. The van der Waals surface area contributed by atoms with Crippen LogP contribution in [-0.4, -0.2) is 5.78 Å². The Morgan fingerprint density at radius 1 is 1.08 bits per heavy atom. The number of ketones is 1. The maximum Gasteiger partial charge on any atom is 0.135 e. The minimum absolute atomic E-state index is 0.217. The molecular weight excluding hydrogens is 160 g/mol. The fourth-order valence-electron chi connectivity index (χ4n) is 1.22. The van der Waals surface area contributed by atoms with Crippen molar-refractivity contribution in [2.75, 3.05) is 0 Å². The van der Waals surface area contributed by atoms with Gasteiger partial charge in [0, 0.05) is 12.3 Å². The van der Waals surface area contributed by atoms with Crippen molar-refractivity contribution >= 4 is 5.78 Å². The molecule has 13 heavy (non-hydrogen) atoms. The molecule has 0 amide bonds. The average molecular weight is 184 g/mol. The van der Waals surface area contributed by atoms with Gasteiger partial charge in [-0.25, -0.2) is 0 Å². The number of carbonyl (C=O) groups excluding carboxylic acids is 1. The quantitative estimate of drug-likeness (QED) is 0.615. The number of Topliss-reactive ketones (excluding diaryl/α,β-unsaturated/α-hetero) is 1. The van der Waals surface area contributed by atoms with E-state index in [0.717, 1.165) is 24.7 Å². The molecule has 0 spiro atoms. The molecule has 0 aromatic rings. The summed E-state index contributed by atoms with van der Waals surface area (Å²) in [6.45, 7) is 10.7. The average Bonchev–Trinajstić information content (AvgIpc) is 2.03. The van der Waals surface area contributed by atoms with E-state index in [1.54, 1.807) is 0 Å². The Hall–Kier alpha value is -0.330. The molecule has 1 nitrogen and oxygen atoms in total. The van der Waals surface area contributed by atoms with E-state index < -0.39 is 0 Å². The van der Waals surface area contributed by atoms with Gasteiger partial charge in [-0.3, -0.25) is 4.79 Å². The zero-order chi connectivity index (χ0) is 10.4. The second kappa shape index (κ2) is 6.17. The molecule has 0 heterocycles. The van der Waals surface area contributed by atoms with Gasteiger partial charge < -0.3 is 0 Å². The van der Waals surface area contributed by atoms with Crippen LogP contribution in [0.3, 0.4) is 0 Å². The molecule has 78 valence electrons. The molecule has 0 radical (unpaired) electrons. The van der Waals surface area contributed by atoms with Gasteiger partial charge in [0.05, 0.1) is 0 Å². The second-order valence-electron chi connectivity index (χ2n) is 4.73. The monoisotopic (exact) mass is 184 g/mol. The van der Waals surface area contributed by atoms with Crippen LogP contribution < -0.4 is 0 Å². The summed E-state index contributed by atoms with van der Waals surface area (Å²) >= 11 is 0. The summed E-state index contributed by atoms with van der Waals surface area (Å²) < 4.78 is 0. The maximum atomic E-state index is 11.3. The van der Waals surface area contributed by atoms with E-state index in [4.69, 9.17) is 0 Å². The molecule has 0 aromatic heterocycles. The summed E-state index contributed by atoms with van der Waals surface area (Å²) in [7, 11) is 0. The third-order valence-electron chi connectivity index (χ3n) is 2.86. The van der Waals surface area contributed by atoms with E-state index in [9.17, 15) is 4.79 Å². The lowest BCUT2D eigenvalue weighted by atomic mass is 9.91. The van der Waals surface area contributed by atoms with Crippen LogP contribution >= 0.6 is 0 Å². The minimum Gasteiger partial charge on any atom is -0.299 e. The van der Waals surface area contributed by atoms with Crippen LogP contribution in [0.1, 0.15) is 53.9 Å². The highest BCUT2D eigenvalue weighted by molar-refractivity contribution is 5.80. The summed E-state index contributed by atoms with van der Waals surface area (Å²) in [5, 5.41) is 0. The lowest BCUT2D eigenvalue weighted by Crippen LogP contribution is -2.09. The number of hydrogen-bond acceptors (Lipinski definition) is 1. The SMILES string of the molecule is CC(C)C(=O)CCC[C@@H](C)C(C)C. The van der Waals surface area contributed by atoms with Crippen LogP contribution in [0, 0.1) is 17.8 Å². The summed E-state index contributed by atoms with van der Waals surface area (Å²) in [6, 6.07) is 0. The molecule has 0 saturated heterocycles. The molecule has 0 fully saturated rings. The minimum atomic E-state index is 0.217. The van der Waals surface area contributed by atoms with E-state index in [2.05, 4.69) is 20.8 Å². The van der Waals surface area contributed by atoms with Gasteiger partial charge in [-0.15, -0.1) is 0 Å². The highest BCUT2D eigenvalue weighted by Crippen LogP contribution is 2.17. The van der Waals surface area contributed by atoms with Gasteiger partial charge in [0.15, 0.2) is 0 Å². The van der Waals surface area contributed by atoms with Gasteiger partial charge in [0.2, 0.25) is 0 Å². The fraction of sp³-hybridized carbons (Fsp3) is 0.917. The third-order valence-corrected chi connectivity index (χ3v) is 2.86. The van der Waals surface area contributed by atoms with E-state index >= 15 is 0 Å². The largest absolute Gasteiger partial charge is 0.299 e. The van der Waals surface area contributed by atoms with Crippen LogP contribution in [0.4, 0.5) is 0 Å². The van der Waals surface area contributed by atoms with Crippen LogP contribution in [-0.2, 0) is 4.79 Å². The molecule has 1 atom stereocenters. The predicted molar refractivity (Wildman–Crippen MR) is 57.7 cm³/mol. The normalized spacial score (nSPS) is 13.8. The Labute approximate surface area is 82.9 Å². The Balaban J connectivity index is 3.51. The van der Waals surface area contributed by atoms with Crippen LogP contribution in [0.2, 0.25) is 0 Å². The van der Waals surface area contributed by atoms with E-state index in [-0.39, 0.29) is 5.92 Å². The third kappa shape index (κ3) is 5.84. The first-order valence-corrected chi connectivity index (χ1v) is 5.47. The van der Waals surface area contributed by atoms with Crippen molar-refractivity contribution < 1.29 is 4.79 Å². The zero-order valence-corrected chi connectivity index (χ0v) is 9.76. The molecule has 1 heteroatoms. The highest BCUT2D eigenvalue weighted by Gasteiger charge is 2.10. The molecule has 0 aliphatic carbocycles. The number of rotatable bonds is 6. The molecule has 0 aliphatic heterocycles. The Morgan fingerprint density at radius 3 is 2.00 bits per heavy atom. The van der Waals surface area contributed by atoms with Gasteiger partial charge >= 0.3 is 0 Å². The summed E-state index contributed by atoms with van der Waals surface area (Å²) in [5.74, 6) is 2.12. The standard InChI is InChI=1S/C12H24O/c1-9(2)11(5)7-6-8-12(13)10(3)4/h9-11H,6-8H2,1-5H3/t11-/m1/s1. The molecular formula is C12H24O.